The van der Waals surface area contributed by atoms with Crippen LogP contribution >= 0.6 is 0 Å². The molecule has 1 rings (SSSR count). The van der Waals surface area contributed by atoms with E-state index >= 15 is 0 Å². The highest BCUT2D eigenvalue weighted by atomic mass is 16.3. The van der Waals surface area contributed by atoms with Gasteiger partial charge in [-0.3, -0.25) is 4.79 Å². The lowest BCUT2D eigenvalue weighted by atomic mass is 9.92. The minimum absolute atomic E-state index is 0.0677. The van der Waals surface area contributed by atoms with E-state index in [9.17, 15) is 9.90 Å². The maximum Gasteiger partial charge on any atom is 0.220 e. The normalized spacial score (nSPS) is 28.5. The quantitative estimate of drug-likeness (QED) is 0.642. The van der Waals surface area contributed by atoms with Gasteiger partial charge in [-0.05, 0) is 26.2 Å². The molecule has 0 bridgehead atoms. The predicted molar refractivity (Wildman–Crippen MR) is 57.3 cm³/mol. The molecule has 3 N–H and O–H groups in total. The lowest BCUT2D eigenvalue weighted by molar-refractivity contribution is -0.123. The fourth-order valence-corrected chi connectivity index (χ4v) is 1.90. The number of nitrogens with one attached hydrogen (secondary N) is 1. The second kappa shape index (κ2) is 6.08. The fourth-order valence-electron chi connectivity index (χ4n) is 1.90. The van der Waals surface area contributed by atoms with Crippen LogP contribution < -0.4 is 5.32 Å². The first-order chi connectivity index (χ1) is 7.09. The maximum absolute atomic E-state index is 11.4. The molecule has 0 aromatic heterocycles. The van der Waals surface area contributed by atoms with Gasteiger partial charge in [0.2, 0.25) is 5.91 Å². The second-order valence-electron chi connectivity index (χ2n) is 4.41. The number of aliphatic hydroxyl groups excluding tert-OH is 2. The van der Waals surface area contributed by atoms with Crippen LogP contribution in [0.1, 0.15) is 45.4 Å². The largest absolute Gasteiger partial charge is 0.393 e. The summed E-state index contributed by atoms with van der Waals surface area (Å²) in [6.45, 7) is 1.67. The Bertz CT molecular complexity index is 206. The molecule has 3 atom stereocenters. The third-order valence-electron chi connectivity index (χ3n) is 2.87. The van der Waals surface area contributed by atoms with Crippen molar-refractivity contribution in [3.63, 3.8) is 0 Å². The van der Waals surface area contributed by atoms with Crippen LogP contribution in [-0.4, -0.2) is 34.4 Å². The van der Waals surface area contributed by atoms with E-state index in [0.29, 0.717) is 12.8 Å². The monoisotopic (exact) mass is 215 g/mol. The highest BCUT2D eigenvalue weighted by Gasteiger charge is 2.24. The molecule has 1 saturated carbocycles. The molecule has 0 spiro atoms. The van der Waals surface area contributed by atoms with Crippen molar-refractivity contribution < 1.29 is 15.0 Å². The zero-order valence-electron chi connectivity index (χ0n) is 9.28. The second-order valence-corrected chi connectivity index (χ2v) is 4.41. The molecule has 0 heterocycles. The molecule has 88 valence electrons. The number of hydrogen-bond acceptors (Lipinski definition) is 3. The van der Waals surface area contributed by atoms with Crippen LogP contribution in [0.2, 0.25) is 0 Å². The van der Waals surface area contributed by atoms with Crippen molar-refractivity contribution in [2.24, 2.45) is 0 Å². The van der Waals surface area contributed by atoms with Crippen molar-refractivity contribution >= 4 is 5.91 Å². The Balaban J connectivity index is 2.24. The Labute approximate surface area is 90.7 Å². The highest BCUT2D eigenvalue weighted by Crippen LogP contribution is 2.18. The third-order valence-corrected chi connectivity index (χ3v) is 2.87. The van der Waals surface area contributed by atoms with Crippen LogP contribution in [0.4, 0.5) is 0 Å². The van der Waals surface area contributed by atoms with Crippen LogP contribution in [-0.2, 0) is 4.79 Å². The smallest absolute Gasteiger partial charge is 0.220 e. The Morgan fingerprint density at radius 1 is 1.47 bits per heavy atom. The first-order valence-electron chi connectivity index (χ1n) is 5.75. The van der Waals surface area contributed by atoms with Gasteiger partial charge in [-0.2, -0.15) is 0 Å². The molecule has 15 heavy (non-hydrogen) atoms. The van der Waals surface area contributed by atoms with Gasteiger partial charge in [-0.15, -0.1) is 0 Å². The Morgan fingerprint density at radius 3 is 2.73 bits per heavy atom. The summed E-state index contributed by atoms with van der Waals surface area (Å²) < 4.78 is 0. The summed E-state index contributed by atoms with van der Waals surface area (Å²) in [7, 11) is 0. The molecule has 0 aliphatic heterocycles. The average Bonchev–Trinajstić information content (AvgIpc) is 2.18. The van der Waals surface area contributed by atoms with E-state index in [2.05, 4.69) is 5.32 Å². The summed E-state index contributed by atoms with van der Waals surface area (Å²) in [4.78, 5) is 11.4. The van der Waals surface area contributed by atoms with E-state index in [4.69, 9.17) is 5.11 Å². The van der Waals surface area contributed by atoms with Crippen LogP contribution in [0.25, 0.3) is 0 Å². The molecule has 0 aromatic rings. The van der Waals surface area contributed by atoms with Crippen molar-refractivity contribution in [1.29, 1.82) is 0 Å². The van der Waals surface area contributed by atoms with Gasteiger partial charge in [-0.1, -0.05) is 12.8 Å². The van der Waals surface area contributed by atoms with Gasteiger partial charge in [0.15, 0.2) is 0 Å². The van der Waals surface area contributed by atoms with Crippen molar-refractivity contribution in [3.05, 3.63) is 0 Å². The van der Waals surface area contributed by atoms with Gasteiger partial charge in [0.1, 0.15) is 0 Å². The SMILES string of the molecule is CC(O)CCC(=O)NC1CCCCC1O. The van der Waals surface area contributed by atoms with E-state index in [1.165, 1.54) is 0 Å². The van der Waals surface area contributed by atoms with Crippen LogP contribution in [0, 0.1) is 0 Å². The first kappa shape index (κ1) is 12.5. The standard InChI is InChI=1S/C11H21NO3/c1-8(13)6-7-11(15)12-9-4-2-3-5-10(9)14/h8-10,13-14H,2-7H2,1H3,(H,12,15). The summed E-state index contributed by atoms with van der Waals surface area (Å²) in [5.41, 5.74) is 0. The topological polar surface area (TPSA) is 69.6 Å². The molecule has 1 aliphatic carbocycles. The molecular weight excluding hydrogens is 194 g/mol. The summed E-state index contributed by atoms with van der Waals surface area (Å²) in [5.74, 6) is -0.0677. The van der Waals surface area contributed by atoms with E-state index in [1.54, 1.807) is 6.92 Å². The van der Waals surface area contributed by atoms with E-state index in [-0.39, 0.29) is 11.9 Å². The molecule has 4 nitrogen and oxygen atoms in total. The van der Waals surface area contributed by atoms with Crippen LogP contribution in [0.3, 0.4) is 0 Å². The van der Waals surface area contributed by atoms with Crippen molar-refractivity contribution in [2.75, 3.05) is 0 Å². The lowest BCUT2D eigenvalue weighted by Crippen LogP contribution is -2.45. The Kier molecular flexibility index (Phi) is 5.05. The Hall–Kier alpha value is -0.610. The molecule has 4 heteroatoms. The van der Waals surface area contributed by atoms with Gasteiger partial charge < -0.3 is 15.5 Å². The van der Waals surface area contributed by atoms with Gasteiger partial charge in [0, 0.05) is 6.42 Å². The number of carbonyl (C=O) groups excluding carboxylic acids is 1. The number of hydrogen-bond donors (Lipinski definition) is 3. The molecular formula is C11H21NO3. The molecule has 3 unspecified atom stereocenters. The number of aliphatic hydroxyl groups is 2. The van der Waals surface area contributed by atoms with Gasteiger partial charge in [0.25, 0.3) is 0 Å². The zero-order valence-corrected chi connectivity index (χ0v) is 9.28. The Morgan fingerprint density at radius 2 is 2.13 bits per heavy atom. The molecule has 1 amide bonds. The summed E-state index contributed by atoms with van der Waals surface area (Å²) in [6, 6.07) is -0.0831. The van der Waals surface area contributed by atoms with Gasteiger partial charge in [-0.25, -0.2) is 0 Å². The first-order valence-corrected chi connectivity index (χ1v) is 5.75. The molecule has 1 aliphatic rings. The minimum Gasteiger partial charge on any atom is -0.393 e. The number of carbonyl (C=O) groups is 1. The number of rotatable bonds is 4. The molecule has 0 aromatic carbocycles. The van der Waals surface area contributed by atoms with Crippen LogP contribution in [0.5, 0.6) is 0 Å². The van der Waals surface area contributed by atoms with E-state index < -0.39 is 12.2 Å². The molecule has 1 fully saturated rings. The van der Waals surface area contributed by atoms with Crippen molar-refractivity contribution in [2.45, 2.75) is 63.7 Å². The van der Waals surface area contributed by atoms with Crippen LogP contribution in [0.15, 0.2) is 0 Å². The van der Waals surface area contributed by atoms with Gasteiger partial charge >= 0.3 is 0 Å². The van der Waals surface area contributed by atoms with Gasteiger partial charge in [0.05, 0.1) is 18.2 Å². The predicted octanol–water partition coefficient (Wildman–Crippen LogP) is 0.567. The number of amides is 1. The lowest BCUT2D eigenvalue weighted by Gasteiger charge is -2.28. The molecule has 0 saturated heterocycles. The highest BCUT2D eigenvalue weighted by molar-refractivity contribution is 5.76. The summed E-state index contributed by atoms with van der Waals surface area (Å²) in [5, 5.41) is 21.5. The average molecular weight is 215 g/mol. The summed E-state index contributed by atoms with van der Waals surface area (Å²) >= 11 is 0. The maximum atomic E-state index is 11.4. The van der Waals surface area contributed by atoms with E-state index in [1.807, 2.05) is 0 Å². The summed E-state index contributed by atoms with van der Waals surface area (Å²) in [6.07, 6.45) is 3.74. The van der Waals surface area contributed by atoms with E-state index in [0.717, 1.165) is 25.7 Å². The fraction of sp³-hybridized carbons (Fsp3) is 0.909. The minimum atomic E-state index is -0.438. The third kappa shape index (κ3) is 4.62. The molecule has 0 radical (unpaired) electrons. The van der Waals surface area contributed by atoms with Crippen molar-refractivity contribution in [1.82, 2.24) is 5.32 Å². The van der Waals surface area contributed by atoms with Crippen molar-refractivity contribution in [3.8, 4) is 0 Å². The zero-order chi connectivity index (χ0) is 11.3.